The SMILES string of the molecule is C[C@@H]1CC[C@H](NC2CCN(C)CC2)C1. The van der Waals surface area contributed by atoms with E-state index in [0.29, 0.717) is 0 Å². The number of hydrogen-bond donors (Lipinski definition) is 1. The molecule has 82 valence electrons. The first kappa shape index (κ1) is 10.4. The maximum atomic E-state index is 3.84. The zero-order valence-corrected chi connectivity index (χ0v) is 9.63. The van der Waals surface area contributed by atoms with E-state index in [0.717, 1.165) is 18.0 Å². The van der Waals surface area contributed by atoms with Crippen molar-refractivity contribution in [3.63, 3.8) is 0 Å². The lowest BCUT2D eigenvalue weighted by Crippen LogP contribution is -2.44. The molecule has 0 aromatic heterocycles. The van der Waals surface area contributed by atoms with Crippen LogP contribution in [0.25, 0.3) is 0 Å². The van der Waals surface area contributed by atoms with Gasteiger partial charge in [-0.3, -0.25) is 0 Å². The van der Waals surface area contributed by atoms with Gasteiger partial charge >= 0.3 is 0 Å². The largest absolute Gasteiger partial charge is 0.311 e. The summed E-state index contributed by atoms with van der Waals surface area (Å²) < 4.78 is 0. The summed E-state index contributed by atoms with van der Waals surface area (Å²) >= 11 is 0. The van der Waals surface area contributed by atoms with Crippen LogP contribution < -0.4 is 5.32 Å². The van der Waals surface area contributed by atoms with Crippen molar-refractivity contribution >= 4 is 0 Å². The molecule has 0 aromatic carbocycles. The summed E-state index contributed by atoms with van der Waals surface area (Å²) in [7, 11) is 2.23. The highest BCUT2D eigenvalue weighted by molar-refractivity contribution is 4.84. The Hall–Kier alpha value is -0.0800. The molecule has 0 amide bonds. The minimum absolute atomic E-state index is 0.807. The van der Waals surface area contributed by atoms with Crippen LogP contribution in [0.3, 0.4) is 0 Å². The highest BCUT2D eigenvalue weighted by atomic mass is 15.1. The molecule has 2 rings (SSSR count). The van der Waals surface area contributed by atoms with Crippen molar-refractivity contribution in [2.75, 3.05) is 20.1 Å². The molecule has 1 aliphatic heterocycles. The van der Waals surface area contributed by atoms with Crippen LogP contribution in [0, 0.1) is 5.92 Å². The second-order valence-electron chi connectivity index (χ2n) is 5.36. The highest BCUT2D eigenvalue weighted by Crippen LogP contribution is 2.25. The molecule has 2 heteroatoms. The van der Waals surface area contributed by atoms with Crippen LogP contribution in [0.1, 0.15) is 39.0 Å². The molecule has 0 bridgehead atoms. The Morgan fingerprint density at radius 1 is 1.00 bits per heavy atom. The lowest BCUT2D eigenvalue weighted by atomic mass is 10.0. The van der Waals surface area contributed by atoms with E-state index in [9.17, 15) is 0 Å². The molecule has 0 aromatic rings. The number of likely N-dealkylation sites (tertiary alicyclic amines) is 1. The van der Waals surface area contributed by atoms with Gasteiger partial charge in [0.2, 0.25) is 0 Å². The third-order valence-electron chi connectivity index (χ3n) is 3.88. The molecule has 1 saturated heterocycles. The van der Waals surface area contributed by atoms with E-state index >= 15 is 0 Å². The molecule has 14 heavy (non-hydrogen) atoms. The minimum atomic E-state index is 0.807. The van der Waals surface area contributed by atoms with Gasteiger partial charge in [0.25, 0.3) is 0 Å². The van der Waals surface area contributed by atoms with Gasteiger partial charge in [-0.2, -0.15) is 0 Å². The Morgan fingerprint density at radius 2 is 1.71 bits per heavy atom. The monoisotopic (exact) mass is 196 g/mol. The molecule has 0 unspecified atom stereocenters. The lowest BCUT2D eigenvalue weighted by molar-refractivity contribution is 0.224. The summed E-state index contributed by atoms with van der Waals surface area (Å²) in [5.74, 6) is 0.957. The average molecular weight is 196 g/mol. The third kappa shape index (κ3) is 2.71. The van der Waals surface area contributed by atoms with Crippen molar-refractivity contribution < 1.29 is 0 Å². The predicted octanol–water partition coefficient (Wildman–Crippen LogP) is 1.86. The van der Waals surface area contributed by atoms with Crippen LogP contribution >= 0.6 is 0 Å². The molecule has 1 heterocycles. The molecule has 2 atom stereocenters. The minimum Gasteiger partial charge on any atom is -0.311 e. The van der Waals surface area contributed by atoms with Gasteiger partial charge in [0.15, 0.2) is 0 Å². The van der Waals surface area contributed by atoms with Gasteiger partial charge in [0, 0.05) is 12.1 Å². The Bertz CT molecular complexity index is 173. The Morgan fingerprint density at radius 3 is 2.29 bits per heavy atom. The summed E-state index contributed by atoms with van der Waals surface area (Å²) in [6, 6.07) is 1.64. The molecule has 2 nitrogen and oxygen atoms in total. The van der Waals surface area contributed by atoms with E-state index in [4.69, 9.17) is 0 Å². The van der Waals surface area contributed by atoms with Crippen molar-refractivity contribution in [3.05, 3.63) is 0 Å². The first-order valence-corrected chi connectivity index (χ1v) is 6.18. The summed E-state index contributed by atoms with van der Waals surface area (Å²) in [4.78, 5) is 2.44. The van der Waals surface area contributed by atoms with Crippen LogP contribution in [0.2, 0.25) is 0 Å². The van der Waals surface area contributed by atoms with E-state index in [1.807, 2.05) is 0 Å². The molecular formula is C12H24N2. The van der Waals surface area contributed by atoms with E-state index in [2.05, 4.69) is 24.2 Å². The van der Waals surface area contributed by atoms with Crippen molar-refractivity contribution in [3.8, 4) is 0 Å². The normalized spacial score (nSPS) is 36.4. The van der Waals surface area contributed by atoms with Crippen LogP contribution in [-0.2, 0) is 0 Å². The highest BCUT2D eigenvalue weighted by Gasteiger charge is 2.25. The fourth-order valence-electron chi connectivity index (χ4n) is 2.87. The van der Waals surface area contributed by atoms with Crippen LogP contribution in [0.5, 0.6) is 0 Å². The van der Waals surface area contributed by atoms with Crippen molar-refractivity contribution in [2.45, 2.75) is 51.1 Å². The Kier molecular flexibility index (Phi) is 3.45. The number of hydrogen-bond acceptors (Lipinski definition) is 2. The third-order valence-corrected chi connectivity index (χ3v) is 3.88. The summed E-state index contributed by atoms with van der Waals surface area (Å²) in [6.45, 7) is 4.94. The maximum Gasteiger partial charge on any atom is 0.00939 e. The van der Waals surface area contributed by atoms with E-state index in [-0.39, 0.29) is 0 Å². The molecule has 1 N–H and O–H groups in total. The van der Waals surface area contributed by atoms with Crippen molar-refractivity contribution in [2.24, 2.45) is 5.92 Å². The molecular weight excluding hydrogens is 172 g/mol. The second kappa shape index (κ2) is 4.63. The molecule has 1 aliphatic carbocycles. The van der Waals surface area contributed by atoms with Gasteiger partial charge in [0.1, 0.15) is 0 Å². The molecule has 1 saturated carbocycles. The van der Waals surface area contributed by atoms with Gasteiger partial charge in [-0.25, -0.2) is 0 Å². The van der Waals surface area contributed by atoms with Gasteiger partial charge in [-0.1, -0.05) is 6.92 Å². The molecule has 0 spiro atoms. The van der Waals surface area contributed by atoms with E-state index in [1.54, 1.807) is 0 Å². The summed E-state index contributed by atoms with van der Waals surface area (Å²) in [5.41, 5.74) is 0. The standard InChI is InChI=1S/C12H24N2/c1-10-3-4-12(9-10)13-11-5-7-14(2)8-6-11/h10-13H,3-9H2,1-2H3/t10-,12+/m1/s1. The van der Waals surface area contributed by atoms with Crippen molar-refractivity contribution in [1.82, 2.24) is 10.2 Å². The lowest BCUT2D eigenvalue weighted by Gasteiger charge is -2.31. The molecule has 2 aliphatic rings. The topological polar surface area (TPSA) is 15.3 Å². The summed E-state index contributed by atoms with van der Waals surface area (Å²) in [6.07, 6.45) is 6.95. The summed E-state index contributed by atoms with van der Waals surface area (Å²) in [5, 5.41) is 3.84. The second-order valence-corrected chi connectivity index (χ2v) is 5.36. The predicted molar refractivity (Wildman–Crippen MR) is 60.5 cm³/mol. The Labute approximate surface area is 88.1 Å². The molecule has 0 radical (unpaired) electrons. The van der Waals surface area contributed by atoms with Crippen LogP contribution in [0.15, 0.2) is 0 Å². The van der Waals surface area contributed by atoms with E-state index < -0.39 is 0 Å². The van der Waals surface area contributed by atoms with Gasteiger partial charge in [-0.15, -0.1) is 0 Å². The van der Waals surface area contributed by atoms with Gasteiger partial charge in [0.05, 0.1) is 0 Å². The first-order valence-electron chi connectivity index (χ1n) is 6.18. The van der Waals surface area contributed by atoms with Crippen LogP contribution in [0.4, 0.5) is 0 Å². The zero-order chi connectivity index (χ0) is 9.97. The van der Waals surface area contributed by atoms with Crippen molar-refractivity contribution in [1.29, 1.82) is 0 Å². The first-order chi connectivity index (χ1) is 6.74. The Balaban J connectivity index is 1.70. The van der Waals surface area contributed by atoms with E-state index in [1.165, 1.54) is 45.2 Å². The fourth-order valence-corrected chi connectivity index (χ4v) is 2.87. The average Bonchev–Trinajstić information content (AvgIpc) is 2.56. The fraction of sp³-hybridized carbons (Fsp3) is 1.00. The zero-order valence-electron chi connectivity index (χ0n) is 9.63. The van der Waals surface area contributed by atoms with Crippen LogP contribution in [-0.4, -0.2) is 37.1 Å². The smallest absolute Gasteiger partial charge is 0.00939 e. The van der Waals surface area contributed by atoms with Gasteiger partial charge in [-0.05, 0) is 58.2 Å². The number of piperidine rings is 1. The van der Waals surface area contributed by atoms with Gasteiger partial charge < -0.3 is 10.2 Å². The number of rotatable bonds is 2. The maximum absolute atomic E-state index is 3.84. The number of nitrogens with one attached hydrogen (secondary N) is 1. The molecule has 2 fully saturated rings. The number of nitrogens with zero attached hydrogens (tertiary/aromatic N) is 1. The quantitative estimate of drug-likeness (QED) is 0.725.